The molecule has 0 bridgehead atoms. The Kier molecular flexibility index (Phi) is 6.58. The van der Waals surface area contributed by atoms with Crippen LogP contribution in [0.25, 0.3) is 0 Å². The zero-order chi connectivity index (χ0) is 14.3. The summed E-state index contributed by atoms with van der Waals surface area (Å²) in [5, 5.41) is 3.03. The lowest BCUT2D eigenvalue weighted by atomic mass is 10.3. The number of carbonyl (C=O) groups is 2. The van der Waals surface area contributed by atoms with Crippen LogP contribution in [0.4, 0.5) is 4.79 Å². The van der Waals surface area contributed by atoms with Crippen molar-refractivity contribution in [3.8, 4) is 0 Å². The first kappa shape index (κ1) is 15.7. The molecule has 1 aliphatic heterocycles. The van der Waals surface area contributed by atoms with Crippen molar-refractivity contribution in [2.75, 3.05) is 67.1 Å². The first-order valence-corrected chi connectivity index (χ1v) is 6.50. The molecule has 7 nitrogen and oxygen atoms in total. The second kappa shape index (κ2) is 7.96. The van der Waals surface area contributed by atoms with Crippen LogP contribution in [0.2, 0.25) is 0 Å². The highest BCUT2D eigenvalue weighted by Gasteiger charge is 2.24. The third-order valence-corrected chi connectivity index (χ3v) is 3.04. The van der Waals surface area contributed by atoms with Gasteiger partial charge in [0, 0.05) is 53.9 Å². The molecular formula is C12H24N4O3. The second-order valence-electron chi connectivity index (χ2n) is 4.71. The number of ether oxygens (including phenoxy) is 1. The summed E-state index contributed by atoms with van der Waals surface area (Å²) < 4.78 is 4.90. The van der Waals surface area contributed by atoms with Crippen molar-refractivity contribution < 1.29 is 14.3 Å². The standard InChI is InChI=1S/C12H24N4O3/c1-14(2)12(18)16-7-5-15(6-8-16)11(17)10-13-4-9-19-3/h13H,4-10H2,1-3H3. The topological polar surface area (TPSA) is 65.1 Å². The van der Waals surface area contributed by atoms with E-state index in [9.17, 15) is 9.59 Å². The summed E-state index contributed by atoms with van der Waals surface area (Å²) in [6, 6.07) is 0.00492. The van der Waals surface area contributed by atoms with Gasteiger partial charge in [-0.15, -0.1) is 0 Å². The Morgan fingerprint density at radius 1 is 1.16 bits per heavy atom. The molecule has 3 amide bonds. The molecule has 1 saturated heterocycles. The summed E-state index contributed by atoms with van der Waals surface area (Å²) in [7, 11) is 5.10. The third-order valence-electron chi connectivity index (χ3n) is 3.04. The highest BCUT2D eigenvalue weighted by atomic mass is 16.5. The molecule has 0 radical (unpaired) electrons. The number of nitrogens with one attached hydrogen (secondary N) is 1. The van der Waals surface area contributed by atoms with Crippen LogP contribution in [0.5, 0.6) is 0 Å². The second-order valence-corrected chi connectivity index (χ2v) is 4.71. The Morgan fingerprint density at radius 2 is 1.74 bits per heavy atom. The monoisotopic (exact) mass is 272 g/mol. The highest BCUT2D eigenvalue weighted by Crippen LogP contribution is 2.04. The van der Waals surface area contributed by atoms with E-state index in [1.54, 1.807) is 35.9 Å². The Bertz CT molecular complexity index is 301. The summed E-state index contributed by atoms with van der Waals surface area (Å²) in [5.74, 6) is 0.0769. The predicted molar refractivity (Wildman–Crippen MR) is 72.0 cm³/mol. The molecule has 1 aliphatic rings. The highest BCUT2D eigenvalue weighted by molar-refractivity contribution is 5.79. The third kappa shape index (κ3) is 5.04. The zero-order valence-corrected chi connectivity index (χ0v) is 12.0. The van der Waals surface area contributed by atoms with Crippen LogP contribution in [0.3, 0.4) is 0 Å². The number of nitrogens with zero attached hydrogens (tertiary/aromatic N) is 3. The fourth-order valence-corrected chi connectivity index (χ4v) is 1.91. The van der Waals surface area contributed by atoms with Gasteiger partial charge >= 0.3 is 6.03 Å². The average Bonchev–Trinajstić information content (AvgIpc) is 2.42. The van der Waals surface area contributed by atoms with Crippen LogP contribution in [0.15, 0.2) is 0 Å². The molecule has 0 saturated carbocycles. The first-order valence-electron chi connectivity index (χ1n) is 6.50. The van der Waals surface area contributed by atoms with Gasteiger partial charge in [-0.2, -0.15) is 0 Å². The molecule has 1 fully saturated rings. The minimum atomic E-state index is 0.00492. The minimum Gasteiger partial charge on any atom is -0.383 e. The molecule has 1 rings (SSSR count). The molecule has 0 aromatic heterocycles. The number of rotatable bonds is 5. The molecule has 0 aromatic rings. The van der Waals surface area contributed by atoms with Gasteiger partial charge in [0.1, 0.15) is 0 Å². The maximum atomic E-state index is 11.9. The molecule has 1 heterocycles. The van der Waals surface area contributed by atoms with Crippen LogP contribution in [0.1, 0.15) is 0 Å². The largest absolute Gasteiger partial charge is 0.383 e. The van der Waals surface area contributed by atoms with Crippen molar-refractivity contribution in [3.63, 3.8) is 0 Å². The molecule has 0 aromatic carbocycles. The molecule has 0 atom stereocenters. The van der Waals surface area contributed by atoms with Crippen molar-refractivity contribution in [2.24, 2.45) is 0 Å². The zero-order valence-electron chi connectivity index (χ0n) is 12.0. The summed E-state index contributed by atoms with van der Waals surface area (Å²) in [5.41, 5.74) is 0. The van der Waals surface area contributed by atoms with Gasteiger partial charge < -0.3 is 24.8 Å². The van der Waals surface area contributed by atoms with E-state index in [2.05, 4.69) is 5.32 Å². The number of hydrogen-bond donors (Lipinski definition) is 1. The van der Waals surface area contributed by atoms with Crippen LogP contribution >= 0.6 is 0 Å². The van der Waals surface area contributed by atoms with Crippen molar-refractivity contribution in [3.05, 3.63) is 0 Å². The molecular weight excluding hydrogens is 248 g/mol. The van der Waals surface area contributed by atoms with E-state index in [0.29, 0.717) is 45.9 Å². The van der Waals surface area contributed by atoms with Gasteiger partial charge in [-0.3, -0.25) is 4.79 Å². The van der Waals surface area contributed by atoms with Crippen LogP contribution in [0, 0.1) is 0 Å². The molecule has 7 heteroatoms. The smallest absolute Gasteiger partial charge is 0.319 e. The number of piperazine rings is 1. The maximum Gasteiger partial charge on any atom is 0.319 e. The van der Waals surface area contributed by atoms with Crippen molar-refractivity contribution in [1.82, 2.24) is 20.0 Å². The van der Waals surface area contributed by atoms with Crippen molar-refractivity contribution in [2.45, 2.75) is 0 Å². The molecule has 19 heavy (non-hydrogen) atoms. The number of amides is 3. The lowest BCUT2D eigenvalue weighted by molar-refractivity contribution is -0.131. The van der Waals surface area contributed by atoms with Gasteiger partial charge in [0.2, 0.25) is 5.91 Å². The van der Waals surface area contributed by atoms with E-state index >= 15 is 0 Å². The molecule has 0 aliphatic carbocycles. The minimum absolute atomic E-state index is 0.00492. The van der Waals surface area contributed by atoms with Crippen molar-refractivity contribution in [1.29, 1.82) is 0 Å². The molecule has 110 valence electrons. The molecule has 0 spiro atoms. The quantitative estimate of drug-likeness (QED) is 0.655. The lowest BCUT2D eigenvalue weighted by Gasteiger charge is -2.36. The SMILES string of the molecule is COCCNCC(=O)N1CCN(C(=O)N(C)C)CC1. The number of methoxy groups -OCH3 is 1. The van der Waals surface area contributed by atoms with Gasteiger partial charge in [-0.25, -0.2) is 4.79 Å². The summed E-state index contributed by atoms with van der Waals surface area (Å²) in [6.45, 7) is 3.99. The van der Waals surface area contributed by atoms with Gasteiger partial charge in [-0.1, -0.05) is 0 Å². The lowest BCUT2D eigenvalue weighted by Crippen LogP contribution is -2.54. The van der Waals surface area contributed by atoms with Crippen LogP contribution < -0.4 is 5.32 Å². The Hall–Kier alpha value is -1.34. The number of urea groups is 1. The summed E-state index contributed by atoms with van der Waals surface area (Å²) in [6.07, 6.45) is 0. The van der Waals surface area contributed by atoms with E-state index in [1.807, 2.05) is 0 Å². The maximum absolute atomic E-state index is 11.9. The predicted octanol–water partition coefficient (Wildman–Crippen LogP) is -0.952. The van der Waals surface area contributed by atoms with E-state index in [4.69, 9.17) is 4.74 Å². The Balaban J connectivity index is 2.25. The van der Waals surface area contributed by atoms with Crippen molar-refractivity contribution >= 4 is 11.9 Å². The van der Waals surface area contributed by atoms with Gasteiger partial charge in [0.05, 0.1) is 13.2 Å². The summed E-state index contributed by atoms with van der Waals surface area (Å²) >= 11 is 0. The number of carbonyl (C=O) groups excluding carboxylic acids is 2. The fraction of sp³-hybridized carbons (Fsp3) is 0.833. The van der Waals surface area contributed by atoms with E-state index in [-0.39, 0.29) is 11.9 Å². The van der Waals surface area contributed by atoms with Crippen LogP contribution in [-0.2, 0) is 9.53 Å². The summed E-state index contributed by atoms with van der Waals surface area (Å²) in [4.78, 5) is 28.7. The van der Waals surface area contributed by atoms with Gasteiger partial charge in [0.25, 0.3) is 0 Å². The van der Waals surface area contributed by atoms with Crippen LogP contribution in [-0.4, -0.2) is 93.7 Å². The average molecular weight is 272 g/mol. The Labute approximate surface area is 114 Å². The fourth-order valence-electron chi connectivity index (χ4n) is 1.91. The normalized spacial score (nSPS) is 15.5. The van der Waals surface area contributed by atoms with E-state index < -0.39 is 0 Å². The van der Waals surface area contributed by atoms with E-state index in [0.717, 1.165) is 0 Å². The van der Waals surface area contributed by atoms with Gasteiger partial charge in [-0.05, 0) is 0 Å². The first-order chi connectivity index (χ1) is 9.06. The Morgan fingerprint density at radius 3 is 2.26 bits per heavy atom. The van der Waals surface area contributed by atoms with E-state index in [1.165, 1.54) is 0 Å². The molecule has 1 N–H and O–H groups in total. The number of hydrogen-bond acceptors (Lipinski definition) is 4. The van der Waals surface area contributed by atoms with Gasteiger partial charge in [0.15, 0.2) is 0 Å². The molecule has 0 unspecified atom stereocenters.